The molecule has 0 radical (unpaired) electrons. The van der Waals surface area contributed by atoms with Gasteiger partial charge in [0.15, 0.2) is 0 Å². The average molecular weight is 153 g/mol. The first-order chi connectivity index (χ1) is 4.84. The molecule has 0 amide bonds. The molecule has 0 spiro atoms. The quantitative estimate of drug-likeness (QED) is 0.600. The van der Waals surface area contributed by atoms with Gasteiger partial charge in [-0.2, -0.15) is 0 Å². The minimum Gasteiger partial charge on any atom is -0.320 e. The lowest BCUT2D eigenvalue weighted by Gasteiger charge is -2.13. The van der Waals surface area contributed by atoms with Gasteiger partial charge in [-0.25, -0.2) is 0 Å². The Balaban J connectivity index is 2.75. The van der Waals surface area contributed by atoms with Crippen LogP contribution in [0.5, 0.6) is 0 Å². The van der Waals surface area contributed by atoms with Crippen molar-refractivity contribution in [1.82, 2.24) is 0 Å². The van der Waals surface area contributed by atoms with Crippen molar-refractivity contribution in [3.63, 3.8) is 0 Å². The van der Waals surface area contributed by atoms with Gasteiger partial charge in [0, 0.05) is 19.0 Å². The Hall–Kier alpha value is -0.630. The Labute approximate surface area is 66.2 Å². The molecule has 0 saturated heterocycles. The molecule has 0 atom stereocenters. The van der Waals surface area contributed by atoms with Gasteiger partial charge < -0.3 is 4.31 Å². The third kappa shape index (κ3) is 1.67. The number of benzene rings is 1. The normalized spacial score (nSPS) is 9.40. The number of anilines is 1. The molecule has 1 nitrogen and oxygen atoms in total. The molecule has 0 N–H and O–H groups in total. The Morgan fingerprint density at radius 1 is 1.20 bits per heavy atom. The summed E-state index contributed by atoms with van der Waals surface area (Å²) >= 11 is 1.71. The molecule has 0 aromatic heterocycles. The van der Waals surface area contributed by atoms with Gasteiger partial charge >= 0.3 is 0 Å². The lowest BCUT2D eigenvalue weighted by Crippen LogP contribution is -2.03. The first-order valence-electron chi connectivity index (χ1n) is 3.17. The van der Waals surface area contributed by atoms with Gasteiger partial charge in [0.2, 0.25) is 0 Å². The van der Waals surface area contributed by atoms with E-state index in [1.165, 1.54) is 5.69 Å². The van der Waals surface area contributed by atoms with Crippen molar-refractivity contribution in [2.24, 2.45) is 0 Å². The number of hydrogen-bond donors (Lipinski definition) is 0. The summed E-state index contributed by atoms with van der Waals surface area (Å²) in [5.41, 5.74) is 1.25. The molecule has 0 aliphatic carbocycles. The van der Waals surface area contributed by atoms with E-state index in [9.17, 15) is 0 Å². The van der Waals surface area contributed by atoms with Crippen LogP contribution < -0.4 is 4.31 Å². The van der Waals surface area contributed by atoms with Crippen molar-refractivity contribution < 1.29 is 0 Å². The molecule has 0 bridgehead atoms. The maximum atomic E-state index is 2.12. The van der Waals surface area contributed by atoms with Crippen LogP contribution in [0.25, 0.3) is 0 Å². The van der Waals surface area contributed by atoms with E-state index in [2.05, 4.69) is 29.7 Å². The number of hydrogen-bond acceptors (Lipinski definition) is 2. The van der Waals surface area contributed by atoms with E-state index < -0.39 is 0 Å². The van der Waals surface area contributed by atoms with Gasteiger partial charge in [0.25, 0.3) is 0 Å². The van der Waals surface area contributed by atoms with Gasteiger partial charge in [-0.3, -0.25) is 0 Å². The summed E-state index contributed by atoms with van der Waals surface area (Å²) in [5, 5.41) is 0. The van der Waals surface area contributed by atoms with Gasteiger partial charge in [-0.05, 0) is 12.1 Å². The van der Waals surface area contributed by atoms with Crippen molar-refractivity contribution in [3.05, 3.63) is 30.3 Å². The zero-order chi connectivity index (χ0) is 7.40. The van der Waals surface area contributed by atoms with Crippen LogP contribution in [0.1, 0.15) is 0 Å². The van der Waals surface area contributed by atoms with E-state index in [0.29, 0.717) is 0 Å². The fourth-order valence-electron chi connectivity index (χ4n) is 0.743. The zero-order valence-corrected chi connectivity index (χ0v) is 7.06. The predicted octanol–water partition coefficient (Wildman–Crippen LogP) is 2.40. The third-order valence-electron chi connectivity index (χ3n) is 1.39. The van der Waals surface area contributed by atoms with Crippen molar-refractivity contribution in [3.8, 4) is 0 Å². The van der Waals surface area contributed by atoms with Crippen LogP contribution in [0.2, 0.25) is 0 Å². The van der Waals surface area contributed by atoms with Gasteiger partial charge in [0.05, 0.1) is 0 Å². The second kappa shape index (κ2) is 3.52. The first-order valence-corrected chi connectivity index (χ1v) is 4.35. The minimum atomic E-state index is 1.25. The molecule has 2 heteroatoms. The average Bonchev–Trinajstić information content (AvgIpc) is 2.05. The summed E-state index contributed by atoms with van der Waals surface area (Å²) in [4.78, 5) is 0. The molecular formula is C8H11NS. The van der Waals surface area contributed by atoms with E-state index in [4.69, 9.17) is 0 Å². The van der Waals surface area contributed by atoms with E-state index in [0.717, 1.165) is 0 Å². The first kappa shape index (κ1) is 7.48. The smallest absolute Gasteiger partial charge is 0.0466 e. The molecule has 1 aromatic carbocycles. The fourth-order valence-corrected chi connectivity index (χ4v) is 1.08. The lowest BCUT2D eigenvalue weighted by molar-refractivity contribution is 1.36. The lowest BCUT2D eigenvalue weighted by atomic mass is 10.3. The monoisotopic (exact) mass is 153 g/mol. The zero-order valence-electron chi connectivity index (χ0n) is 6.24. The largest absolute Gasteiger partial charge is 0.320 e. The van der Waals surface area contributed by atoms with E-state index in [1.807, 2.05) is 18.2 Å². The van der Waals surface area contributed by atoms with Crippen molar-refractivity contribution in [2.45, 2.75) is 0 Å². The highest BCUT2D eigenvalue weighted by Crippen LogP contribution is 2.16. The van der Waals surface area contributed by atoms with Gasteiger partial charge in [-0.15, -0.1) is 0 Å². The summed E-state index contributed by atoms with van der Waals surface area (Å²) < 4.78 is 2.12. The maximum absolute atomic E-state index is 2.12. The second-order valence-electron chi connectivity index (χ2n) is 2.02. The predicted molar refractivity (Wildman–Crippen MR) is 48.4 cm³/mol. The van der Waals surface area contributed by atoms with Crippen LogP contribution in [-0.4, -0.2) is 13.3 Å². The molecule has 1 rings (SSSR count). The van der Waals surface area contributed by atoms with Gasteiger partial charge in [-0.1, -0.05) is 30.1 Å². The van der Waals surface area contributed by atoms with Crippen molar-refractivity contribution in [1.29, 1.82) is 0 Å². The van der Waals surface area contributed by atoms with Crippen LogP contribution in [0.15, 0.2) is 30.3 Å². The summed E-state index contributed by atoms with van der Waals surface area (Å²) in [6.07, 6.45) is 2.06. The topological polar surface area (TPSA) is 3.24 Å². The Morgan fingerprint density at radius 3 is 2.30 bits per heavy atom. The van der Waals surface area contributed by atoms with E-state index in [1.54, 1.807) is 11.9 Å². The van der Waals surface area contributed by atoms with Crippen LogP contribution in [-0.2, 0) is 0 Å². The van der Waals surface area contributed by atoms with Crippen molar-refractivity contribution >= 4 is 17.6 Å². The summed E-state index contributed by atoms with van der Waals surface area (Å²) in [6, 6.07) is 10.3. The highest BCUT2D eigenvalue weighted by molar-refractivity contribution is 7.99. The van der Waals surface area contributed by atoms with Crippen LogP contribution in [0.3, 0.4) is 0 Å². The maximum Gasteiger partial charge on any atom is 0.0466 e. The van der Waals surface area contributed by atoms with Gasteiger partial charge in [0.1, 0.15) is 0 Å². The Bertz CT molecular complexity index is 186. The highest BCUT2D eigenvalue weighted by atomic mass is 32.2. The Morgan fingerprint density at radius 2 is 1.80 bits per heavy atom. The fraction of sp³-hybridized carbons (Fsp3) is 0.250. The Kier molecular flexibility index (Phi) is 2.63. The van der Waals surface area contributed by atoms with E-state index >= 15 is 0 Å². The molecule has 0 aliphatic rings. The molecule has 0 heterocycles. The summed E-state index contributed by atoms with van der Waals surface area (Å²) in [5.74, 6) is 0. The molecule has 0 fully saturated rings. The van der Waals surface area contributed by atoms with Crippen LogP contribution >= 0.6 is 11.9 Å². The standard InChI is InChI=1S/C8H11NS/c1-9(10-2)8-6-4-3-5-7-8/h3-7H,1-2H3. The minimum absolute atomic E-state index is 1.25. The molecule has 1 aromatic rings. The van der Waals surface area contributed by atoms with Crippen molar-refractivity contribution in [2.75, 3.05) is 17.6 Å². The molecule has 10 heavy (non-hydrogen) atoms. The molecule has 0 unspecified atom stereocenters. The summed E-state index contributed by atoms with van der Waals surface area (Å²) in [6.45, 7) is 0. The number of nitrogens with zero attached hydrogens (tertiary/aromatic N) is 1. The SMILES string of the molecule is CSN(C)c1ccccc1. The molecule has 0 saturated carbocycles. The van der Waals surface area contributed by atoms with Crippen LogP contribution in [0, 0.1) is 0 Å². The third-order valence-corrected chi connectivity index (χ3v) is 2.15. The summed E-state index contributed by atoms with van der Waals surface area (Å²) in [7, 11) is 2.06. The molecular weight excluding hydrogens is 142 g/mol. The van der Waals surface area contributed by atoms with Crippen LogP contribution in [0.4, 0.5) is 5.69 Å². The molecule has 54 valence electrons. The van der Waals surface area contributed by atoms with E-state index in [-0.39, 0.29) is 0 Å². The second-order valence-corrected chi connectivity index (χ2v) is 2.93. The highest BCUT2D eigenvalue weighted by Gasteiger charge is 1.93. The number of rotatable bonds is 2. The molecule has 0 aliphatic heterocycles. The number of para-hydroxylation sites is 1.